The van der Waals surface area contributed by atoms with Crippen LogP contribution in [0.3, 0.4) is 0 Å². The molecule has 4 rings (SSSR count). The highest BCUT2D eigenvalue weighted by atomic mass is 32.2. The molecule has 0 saturated carbocycles. The third-order valence-corrected chi connectivity index (χ3v) is 5.76. The van der Waals surface area contributed by atoms with Gasteiger partial charge in [0.15, 0.2) is 0 Å². The van der Waals surface area contributed by atoms with Gasteiger partial charge in [0.2, 0.25) is 11.8 Å². The Morgan fingerprint density at radius 1 is 1.44 bits per heavy atom. The van der Waals surface area contributed by atoms with Gasteiger partial charge < -0.3 is 9.64 Å². The third kappa shape index (κ3) is 3.35. The van der Waals surface area contributed by atoms with E-state index < -0.39 is 0 Å². The van der Waals surface area contributed by atoms with Crippen LogP contribution < -0.4 is 15.2 Å². The lowest BCUT2D eigenvalue weighted by Gasteiger charge is -2.25. The summed E-state index contributed by atoms with van der Waals surface area (Å²) in [5, 5.41) is 4.64. The maximum Gasteiger partial charge on any atom is 0.267 e. The molecule has 0 aliphatic carbocycles. The Bertz CT molecular complexity index is 825. The zero-order chi connectivity index (χ0) is 17.2. The van der Waals surface area contributed by atoms with Gasteiger partial charge in [0.05, 0.1) is 25.4 Å². The second kappa shape index (κ2) is 7.03. The summed E-state index contributed by atoms with van der Waals surface area (Å²) in [4.78, 5) is 23.4. The summed E-state index contributed by atoms with van der Waals surface area (Å²) in [6.07, 6.45) is 4.70. The van der Waals surface area contributed by atoms with E-state index in [1.54, 1.807) is 30.1 Å². The summed E-state index contributed by atoms with van der Waals surface area (Å²) in [5.41, 5.74) is 2.15. The van der Waals surface area contributed by atoms with Crippen molar-refractivity contribution in [2.45, 2.75) is 37.6 Å². The smallest absolute Gasteiger partial charge is 0.267 e. The number of aromatic nitrogens is 4. The Hall–Kier alpha value is -2.09. The lowest BCUT2D eigenvalue weighted by Crippen LogP contribution is -2.38. The number of methoxy groups -OCH3 is 1. The maximum atomic E-state index is 12.4. The Labute approximate surface area is 150 Å². The second-order valence-corrected chi connectivity index (χ2v) is 7.43. The number of hydrogen-bond donors (Lipinski definition) is 0. The number of anilines is 1. The first-order chi connectivity index (χ1) is 12.2. The molecule has 2 aromatic heterocycles. The Morgan fingerprint density at radius 2 is 2.36 bits per heavy atom. The molecule has 1 saturated heterocycles. The second-order valence-electron chi connectivity index (χ2n) is 6.33. The van der Waals surface area contributed by atoms with Crippen molar-refractivity contribution in [3.8, 4) is 5.88 Å². The Morgan fingerprint density at radius 3 is 3.24 bits per heavy atom. The molecule has 2 aliphatic heterocycles. The van der Waals surface area contributed by atoms with Crippen LogP contribution in [-0.4, -0.2) is 45.2 Å². The van der Waals surface area contributed by atoms with Crippen molar-refractivity contribution in [3.05, 3.63) is 39.9 Å². The number of thioether (sulfide) groups is 1. The first-order valence-corrected chi connectivity index (χ1v) is 9.71. The maximum absolute atomic E-state index is 12.4. The molecule has 1 atom stereocenters. The van der Waals surface area contributed by atoms with Crippen LogP contribution in [-0.2, 0) is 18.7 Å². The van der Waals surface area contributed by atoms with E-state index in [1.807, 2.05) is 11.8 Å². The largest absolute Gasteiger partial charge is 0.481 e. The van der Waals surface area contributed by atoms with E-state index in [0.29, 0.717) is 18.4 Å². The summed E-state index contributed by atoms with van der Waals surface area (Å²) < 4.78 is 6.82. The molecule has 1 unspecified atom stereocenters. The van der Waals surface area contributed by atoms with Crippen molar-refractivity contribution in [2.75, 3.05) is 24.3 Å². The van der Waals surface area contributed by atoms with Gasteiger partial charge in [-0.3, -0.25) is 4.79 Å². The van der Waals surface area contributed by atoms with E-state index in [-0.39, 0.29) is 11.6 Å². The number of ether oxygens (including phenoxy) is 1. The van der Waals surface area contributed by atoms with Crippen LogP contribution in [0.4, 0.5) is 5.95 Å². The van der Waals surface area contributed by atoms with Crippen LogP contribution in [0.25, 0.3) is 0 Å². The van der Waals surface area contributed by atoms with Crippen molar-refractivity contribution < 1.29 is 4.74 Å². The zero-order valence-corrected chi connectivity index (χ0v) is 15.0. The van der Waals surface area contributed by atoms with Crippen LogP contribution in [0.1, 0.15) is 24.1 Å². The molecule has 0 aromatic carbocycles. The quantitative estimate of drug-likeness (QED) is 0.819. The molecule has 0 spiro atoms. The fourth-order valence-corrected chi connectivity index (χ4v) is 4.41. The van der Waals surface area contributed by atoms with E-state index in [1.165, 1.54) is 0 Å². The molecular weight excluding hydrogens is 338 g/mol. The number of hydrogen-bond acceptors (Lipinski definition) is 7. The molecule has 0 amide bonds. The van der Waals surface area contributed by atoms with E-state index >= 15 is 0 Å². The van der Waals surface area contributed by atoms with Crippen molar-refractivity contribution >= 4 is 17.7 Å². The number of fused-ring (bicyclic) bond motifs is 1. The van der Waals surface area contributed by atoms with Crippen LogP contribution >= 0.6 is 11.8 Å². The molecular formula is C17H21N5O2S. The van der Waals surface area contributed by atoms with Crippen molar-refractivity contribution in [1.29, 1.82) is 0 Å². The SMILES string of the molecule is COc1ccnc(N2CCCC2Cn2nc3c(cc2=O)CSCC3)n1. The first kappa shape index (κ1) is 16.4. The summed E-state index contributed by atoms with van der Waals surface area (Å²) in [6.45, 7) is 1.45. The summed E-state index contributed by atoms with van der Waals surface area (Å²) >= 11 is 1.86. The first-order valence-electron chi connectivity index (χ1n) is 8.56. The lowest BCUT2D eigenvalue weighted by molar-refractivity contribution is 0.395. The van der Waals surface area contributed by atoms with E-state index in [0.717, 1.165) is 48.6 Å². The van der Waals surface area contributed by atoms with Gasteiger partial charge in [0.25, 0.3) is 5.56 Å². The van der Waals surface area contributed by atoms with Crippen molar-refractivity contribution in [1.82, 2.24) is 19.7 Å². The standard InChI is InChI=1S/C17H21N5O2S/c1-24-15-4-6-18-17(19-15)21-7-2-3-13(21)10-22-16(23)9-12-11-25-8-5-14(12)20-22/h4,6,9,13H,2-3,5,7-8,10-11H2,1H3. The lowest BCUT2D eigenvalue weighted by atomic mass is 10.2. The van der Waals surface area contributed by atoms with Crippen LogP contribution in [0.15, 0.2) is 23.1 Å². The van der Waals surface area contributed by atoms with Crippen LogP contribution in [0.2, 0.25) is 0 Å². The summed E-state index contributed by atoms with van der Waals surface area (Å²) in [7, 11) is 1.60. The summed E-state index contributed by atoms with van der Waals surface area (Å²) in [6, 6.07) is 3.67. The predicted molar refractivity (Wildman–Crippen MR) is 97.3 cm³/mol. The molecule has 0 radical (unpaired) electrons. The highest BCUT2D eigenvalue weighted by Crippen LogP contribution is 2.25. The van der Waals surface area contributed by atoms with E-state index in [4.69, 9.17) is 4.74 Å². The monoisotopic (exact) mass is 359 g/mol. The Balaban J connectivity index is 1.58. The average molecular weight is 359 g/mol. The number of nitrogens with zero attached hydrogens (tertiary/aromatic N) is 5. The van der Waals surface area contributed by atoms with Gasteiger partial charge in [-0.2, -0.15) is 21.8 Å². The minimum absolute atomic E-state index is 0.0142. The van der Waals surface area contributed by atoms with E-state index in [9.17, 15) is 4.79 Å². The normalized spacial score (nSPS) is 19.7. The van der Waals surface area contributed by atoms with Gasteiger partial charge in [0.1, 0.15) is 0 Å². The molecule has 7 nitrogen and oxygen atoms in total. The highest BCUT2D eigenvalue weighted by Gasteiger charge is 2.28. The van der Waals surface area contributed by atoms with Gasteiger partial charge in [-0.1, -0.05) is 0 Å². The molecule has 1 fully saturated rings. The minimum atomic E-state index is -0.0142. The van der Waals surface area contributed by atoms with Gasteiger partial charge in [-0.05, 0) is 24.2 Å². The summed E-state index contributed by atoms with van der Waals surface area (Å²) in [5.74, 6) is 3.18. The fraction of sp³-hybridized carbons (Fsp3) is 0.529. The predicted octanol–water partition coefficient (Wildman–Crippen LogP) is 1.50. The molecule has 2 aromatic rings. The van der Waals surface area contributed by atoms with Gasteiger partial charge in [-0.25, -0.2) is 9.67 Å². The molecule has 0 bridgehead atoms. The average Bonchev–Trinajstić information content (AvgIpc) is 3.10. The molecule has 25 heavy (non-hydrogen) atoms. The van der Waals surface area contributed by atoms with Crippen molar-refractivity contribution in [2.24, 2.45) is 0 Å². The molecule has 0 N–H and O–H groups in total. The zero-order valence-electron chi connectivity index (χ0n) is 14.2. The molecule has 8 heteroatoms. The molecule has 132 valence electrons. The topological polar surface area (TPSA) is 73.1 Å². The number of rotatable bonds is 4. The fourth-order valence-electron chi connectivity index (χ4n) is 3.46. The molecule has 2 aliphatic rings. The highest BCUT2D eigenvalue weighted by molar-refractivity contribution is 7.98. The van der Waals surface area contributed by atoms with Gasteiger partial charge >= 0.3 is 0 Å². The van der Waals surface area contributed by atoms with Gasteiger partial charge in [0, 0.05) is 37.0 Å². The van der Waals surface area contributed by atoms with Gasteiger partial charge in [-0.15, -0.1) is 0 Å². The van der Waals surface area contributed by atoms with E-state index in [2.05, 4.69) is 20.0 Å². The minimum Gasteiger partial charge on any atom is -0.481 e. The Kier molecular flexibility index (Phi) is 4.61. The van der Waals surface area contributed by atoms with Crippen LogP contribution in [0, 0.1) is 0 Å². The molecule has 4 heterocycles. The van der Waals surface area contributed by atoms with Crippen molar-refractivity contribution in [3.63, 3.8) is 0 Å². The third-order valence-electron chi connectivity index (χ3n) is 4.75. The van der Waals surface area contributed by atoms with Crippen LogP contribution in [0.5, 0.6) is 5.88 Å². The number of aryl methyl sites for hydroxylation is 1.